The number of rotatable bonds is 2. The normalized spacial score (nSPS) is 58.6. The van der Waals surface area contributed by atoms with E-state index in [1.807, 2.05) is 0 Å². The molecule has 0 amide bonds. The Morgan fingerprint density at radius 2 is 1.83 bits per heavy atom. The molecule has 3 heteroatoms. The molecule has 4 fully saturated rings. The van der Waals surface area contributed by atoms with Gasteiger partial charge in [-0.3, -0.25) is 0 Å². The summed E-state index contributed by atoms with van der Waals surface area (Å²) in [4.78, 5) is 0. The molecule has 132 valence electrons. The summed E-state index contributed by atoms with van der Waals surface area (Å²) in [6.45, 7) is 5.27. The standard InChI is InChI=1S/C20H34O3/c1-18(12-22)5-3-6-19(2)16(18)4-7-20-9-13(14(10-20)11-21)8-15(23)17(19)20/h13-17,21-23H,3-12H2,1-2H3/t13-,14-,15-,16-,17+,18+,19-,20+/m1/s1. The molecule has 0 aromatic carbocycles. The summed E-state index contributed by atoms with van der Waals surface area (Å²) < 4.78 is 0. The number of aliphatic hydroxyl groups is 3. The molecule has 0 heterocycles. The minimum absolute atomic E-state index is 0.0279. The van der Waals surface area contributed by atoms with Crippen molar-refractivity contribution < 1.29 is 15.3 Å². The molecule has 23 heavy (non-hydrogen) atoms. The minimum Gasteiger partial charge on any atom is -0.396 e. The van der Waals surface area contributed by atoms with Crippen molar-refractivity contribution in [2.24, 2.45) is 39.9 Å². The molecule has 3 N–H and O–H groups in total. The first-order chi connectivity index (χ1) is 10.9. The lowest BCUT2D eigenvalue weighted by Crippen LogP contribution is -2.60. The van der Waals surface area contributed by atoms with Crippen LogP contribution in [0.3, 0.4) is 0 Å². The lowest BCUT2D eigenvalue weighted by Gasteiger charge is -2.65. The minimum atomic E-state index is -0.209. The molecule has 0 aromatic heterocycles. The SMILES string of the molecule is C[C@@]1(CO)CCC[C@]2(C)[C@@H]1CC[C@@]13C[C@@H](C[C@@H](O)[C@H]12)[C@@H](CO)C3. The van der Waals surface area contributed by atoms with Crippen molar-refractivity contribution in [3.05, 3.63) is 0 Å². The van der Waals surface area contributed by atoms with E-state index in [-0.39, 0.29) is 29.0 Å². The highest BCUT2D eigenvalue weighted by Gasteiger charge is 2.66. The molecule has 1 spiro atoms. The lowest BCUT2D eigenvalue weighted by molar-refractivity contribution is -0.193. The second kappa shape index (κ2) is 5.19. The highest BCUT2D eigenvalue weighted by Crippen LogP contribution is 2.72. The van der Waals surface area contributed by atoms with Crippen molar-refractivity contribution in [2.45, 2.75) is 71.3 Å². The Morgan fingerprint density at radius 1 is 1.04 bits per heavy atom. The maximum absolute atomic E-state index is 11.1. The second-order valence-corrected chi connectivity index (χ2v) is 10.0. The molecular weight excluding hydrogens is 288 g/mol. The molecule has 0 radical (unpaired) electrons. The number of aliphatic hydroxyl groups excluding tert-OH is 3. The van der Waals surface area contributed by atoms with Crippen LogP contribution in [0.4, 0.5) is 0 Å². The Kier molecular flexibility index (Phi) is 3.69. The van der Waals surface area contributed by atoms with Gasteiger partial charge in [0.15, 0.2) is 0 Å². The van der Waals surface area contributed by atoms with Crippen LogP contribution in [0.15, 0.2) is 0 Å². The van der Waals surface area contributed by atoms with Crippen LogP contribution in [0.5, 0.6) is 0 Å². The Bertz CT molecular complexity index is 480. The Balaban J connectivity index is 1.74. The van der Waals surface area contributed by atoms with Gasteiger partial charge in [-0.05, 0) is 84.9 Å². The zero-order valence-electron chi connectivity index (χ0n) is 14.8. The topological polar surface area (TPSA) is 60.7 Å². The van der Waals surface area contributed by atoms with Crippen LogP contribution in [0.2, 0.25) is 0 Å². The van der Waals surface area contributed by atoms with Gasteiger partial charge in [-0.25, -0.2) is 0 Å². The molecule has 0 aromatic rings. The van der Waals surface area contributed by atoms with E-state index >= 15 is 0 Å². The molecule has 0 unspecified atom stereocenters. The van der Waals surface area contributed by atoms with Gasteiger partial charge in [0.25, 0.3) is 0 Å². The number of hydrogen-bond donors (Lipinski definition) is 3. The van der Waals surface area contributed by atoms with Gasteiger partial charge in [0, 0.05) is 13.2 Å². The summed E-state index contributed by atoms with van der Waals surface area (Å²) in [5.74, 6) is 1.83. The molecule has 0 aliphatic heterocycles. The highest BCUT2D eigenvalue weighted by atomic mass is 16.3. The molecule has 4 saturated carbocycles. The zero-order chi connectivity index (χ0) is 16.5. The summed E-state index contributed by atoms with van der Waals surface area (Å²) in [7, 11) is 0. The van der Waals surface area contributed by atoms with E-state index in [0.717, 1.165) is 19.3 Å². The summed E-state index contributed by atoms with van der Waals surface area (Å²) in [5, 5.41) is 31.0. The molecule has 4 rings (SSSR count). The van der Waals surface area contributed by atoms with Gasteiger partial charge >= 0.3 is 0 Å². The van der Waals surface area contributed by atoms with Crippen LogP contribution in [-0.2, 0) is 0 Å². The lowest BCUT2D eigenvalue weighted by atomic mass is 9.40. The van der Waals surface area contributed by atoms with Gasteiger partial charge in [0.05, 0.1) is 6.10 Å². The van der Waals surface area contributed by atoms with Crippen molar-refractivity contribution >= 4 is 0 Å². The summed E-state index contributed by atoms with van der Waals surface area (Å²) in [6.07, 6.45) is 8.91. The third kappa shape index (κ3) is 2.05. The van der Waals surface area contributed by atoms with E-state index in [9.17, 15) is 15.3 Å². The van der Waals surface area contributed by atoms with Crippen molar-refractivity contribution in [1.82, 2.24) is 0 Å². The third-order valence-electron chi connectivity index (χ3n) is 8.93. The molecule has 3 nitrogen and oxygen atoms in total. The van der Waals surface area contributed by atoms with Gasteiger partial charge in [-0.15, -0.1) is 0 Å². The molecule has 2 bridgehead atoms. The fraction of sp³-hybridized carbons (Fsp3) is 1.00. The van der Waals surface area contributed by atoms with Crippen LogP contribution < -0.4 is 0 Å². The predicted molar refractivity (Wildman–Crippen MR) is 89.7 cm³/mol. The van der Waals surface area contributed by atoms with Gasteiger partial charge in [0.2, 0.25) is 0 Å². The Labute approximate surface area is 140 Å². The fourth-order valence-corrected chi connectivity index (χ4v) is 8.25. The van der Waals surface area contributed by atoms with Crippen molar-refractivity contribution in [3.63, 3.8) is 0 Å². The fourth-order valence-electron chi connectivity index (χ4n) is 8.25. The average Bonchev–Trinajstić information content (AvgIpc) is 2.78. The molecule has 4 aliphatic carbocycles. The number of hydrogen-bond acceptors (Lipinski definition) is 3. The zero-order valence-corrected chi connectivity index (χ0v) is 14.8. The first kappa shape index (κ1) is 16.4. The molecule has 4 aliphatic rings. The van der Waals surface area contributed by atoms with Crippen molar-refractivity contribution in [2.75, 3.05) is 13.2 Å². The highest BCUT2D eigenvalue weighted by molar-refractivity contribution is 5.15. The third-order valence-corrected chi connectivity index (χ3v) is 8.93. The van der Waals surface area contributed by atoms with E-state index in [1.165, 1.54) is 32.1 Å². The average molecular weight is 322 g/mol. The van der Waals surface area contributed by atoms with Crippen LogP contribution in [0.25, 0.3) is 0 Å². The summed E-state index contributed by atoms with van der Waals surface area (Å²) in [6, 6.07) is 0. The quantitative estimate of drug-likeness (QED) is 0.732. The molecule has 0 saturated heterocycles. The van der Waals surface area contributed by atoms with Crippen LogP contribution in [0.1, 0.15) is 65.2 Å². The second-order valence-electron chi connectivity index (χ2n) is 10.0. The monoisotopic (exact) mass is 322 g/mol. The van der Waals surface area contributed by atoms with E-state index in [1.54, 1.807) is 0 Å². The van der Waals surface area contributed by atoms with Crippen molar-refractivity contribution in [1.29, 1.82) is 0 Å². The maximum Gasteiger partial charge on any atom is 0.0581 e. The number of fused-ring (bicyclic) bond motifs is 3. The smallest absolute Gasteiger partial charge is 0.0581 e. The van der Waals surface area contributed by atoms with Crippen molar-refractivity contribution in [3.8, 4) is 0 Å². The van der Waals surface area contributed by atoms with Gasteiger partial charge in [0.1, 0.15) is 0 Å². The van der Waals surface area contributed by atoms with Gasteiger partial charge in [-0.1, -0.05) is 20.3 Å². The van der Waals surface area contributed by atoms with Gasteiger partial charge < -0.3 is 15.3 Å². The molecular formula is C20H34O3. The first-order valence-corrected chi connectivity index (χ1v) is 9.78. The molecule has 8 atom stereocenters. The van der Waals surface area contributed by atoms with E-state index in [4.69, 9.17) is 0 Å². The van der Waals surface area contributed by atoms with E-state index < -0.39 is 0 Å². The predicted octanol–water partition coefficient (Wildman–Crippen LogP) is 2.97. The maximum atomic E-state index is 11.1. The van der Waals surface area contributed by atoms with E-state index in [2.05, 4.69) is 13.8 Å². The van der Waals surface area contributed by atoms with Gasteiger partial charge in [-0.2, -0.15) is 0 Å². The van der Waals surface area contributed by atoms with E-state index in [0.29, 0.717) is 30.3 Å². The van der Waals surface area contributed by atoms with Crippen LogP contribution in [-0.4, -0.2) is 34.6 Å². The summed E-state index contributed by atoms with van der Waals surface area (Å²) in [5.41, 5.74) is 0.442. The summed E-state index contributed by atoms with van der Waals surface area (Å²) >= 11 is 0. The Morgan fingerprint density at radius 3 is 2.52 bits per heavy atom. The first-order valence-electron chi connectivity index (χ1n) is 9.78. The largest absolute Gasteiger partial charge is 0.396 e. The van der Waals surface area contributed by atoms with Crippen LogP contribution >= 0.6 is 0 Å². The van der Waals surface area contributed by atoms with Crippen LogP contribution in [0, 0.1) is 39.9 Å². The Hall–Kier alpha value is -0.120.